The molecule has 4 heteroatoms. The maximum absolute atomic E-state index is 12.0. The number of carbonyl (C=O) groups is 1. The second-order valence-electron chi connectivity index (χ2n) is 4.24. The predicted molar refractivity (Wildman–Crippen MR) is 67.3 cm³/mol. The van der Waals surface area contributed by atoms with Crippen LogP contribution >= 0.6 is 11.6 Å². The van der Waals surface area contributed by atoms with E-state index >= 15 is 0 Å². The molecule has 92 valence electrons. The van der Waals surface area contributed by atoms with E-state index < -0.39 is 0 Å². The van der Waals surface area contributed by atoms with Crippen LogP contribution in [0, 0.1) is 6.92 Å². The summed E-state index contributed by atoms with van der Waals surface area (Å²) in [5.74, 6) is 0.165. The third kappa shape index (κ3) is 3.20. The summed E-state index contributed by atoms with van der Waals surface area (Å²) in [5, 5.41) is 0.713. The van der Waals surface area contributed by atoms with E-state index in [-0.39, 0.29) is 5.91 Å². The van der Waals surface area contributed by atoms with Crippen molar-refractivity contribution in [2.75, 3.05) is 26.3 Å². The largest absolute Gasteiger partial charge is 0.378 e. The number of morpholine rings is 1. The highest BCUT2D eigenvalue weighted by atomic mass is 35.5. The molecule has 1 aromatic carbocycles. The molecule has 0 radical (unpaired) electrons. The first-order valence-corrected chi connectivity index (χ1v) is 6.15. The van der Waals surface area contributed by atoms with Gasteiger partial charge in [-0.2, -0.15) is 0 Å². The van der Waals surface area contributed by atoms with Crippen molar-refractivity contribution in [3.8, 4) is 0 Å². The summed E-state index contributed by atoms with van der Waals surface area (Å²) >= 11 is 5.89. The molecule has 0 spiro atoms. The Labute approximate surface area is 106 Å². The number of ether oxygens (including phenoxy) is 1. The molecular formula is C13H16ClNO2. The van der Waals surface area contributed by atoms with Crippen LogP contribution in [0.5, 0.6) is 0 Å². The number of aryl methyl sites for hydroxylation is 1. The fourth-order valence-electron chi connectivity index (χ4n) is 1.95. The van der Waals surface area contributed by atoms with Crippen molar-refractivity contribution >= 4 is 17.5 Å². The van der Waals surface area contributed by atoms with Crippen molar-refractivity contribution in [2.45, 2.75) is 13.3 Å². The number of rotatable bonds is 2. The summed E-state index contributed by atoms with van der Waals surface area (Å²) in [6, 6.07) is 5.65. The predicted octanol–water partition coefficient (Wildman–Crippen LogP) is 2.05. The number of nitrogens with zero attached hydrogens (tertiary/aromatic N) is 1. The Bertz CT molecular complexity index is 414. The highest BCUT2D eigenvalue weighted by Crippen LogP contribution is 2.16. The maximum atomic E-state index is 12.0. The van der Waals surface area contributed by atoms with Gasteiger partial charge >= 0.3 is 0 Å². The molecule has 0 unspecified atom stereocenters. The zero-order valence-corrected chi connectivity index (χ0v) is 10.7. The molecule has 1 heterocycles. The Balaban J connectivity index is 2.02. The average molecular weight is 254 g/mol. The Hall–Kier alpha value is -1.06. The van der Waals surface area contributed by atoms with Gasteiger partial charge in [-0.05, 0) is 30.2 Å². The SMILES string of the molecule is Cc1cc(Cl)ccc1CC(=O)N1CCOCC1. The first-order valence-electron chi connectivity index (χ1n) is 5.77. The summed E-state index contributed by atoms with van der Waals surface area (Å²) in [7, 11) is 0. The lowest BCUT2D eigenvalue weighted by molar-refractivity contribution is -0.134. The number of halogens is 1. The summed E-state index contributed by atoms with van der Waals surface area (Å²) in [6.07, 6.45) is 0.447. The van der Waals surface area contributed by atoms with Crippen molar-refractivity contribution in [1.82, 2.24) is 4.90 Å². The van der Waals surface area contributed by atoms with Crippen molar-refractivity contribution in [3.63, 3.8) is 0 Å². The van der Waals surface area contributed by atoms with Crippen molar-refractivity contribution in [2.24, 2.45) is 0 Å². The van der Waals surface area contributed by atoms with Crippen LogP contribution in [-0.4, -0.2) is 37.1 Å². The van der Waals surface area contributed by atoms with Gasteiger partial charge in [0.05, 0.1) is 19.6 Å². The molecule has 1 aliphatic heterocycles. The first kappa shape index (κ1) is 12.4. The Kier molecular flexibility index (Phi) is 4.02. The minimum absolute atomic E-state index is 0.165. The van der Waals surface area contributed by atoms with Gasteiger partial charge < -0.3 is 9.64 Å². The molecule has 0 saturated carbocycles. The minimum Gasteiger partial charge on any atom is -0.378 e. The van der Waals surface area contributed by atoms with E-state index in [0.717, 1.165) is 11.1 Å². The van der Waals surface area contributed by atoms with E-state index in [1.165, 1.54) is 0 Å². The molecule has 1 fully saturated rings. The van der Waals surface area contributed by atoms with E-state index in [1.807, 2.05) is 30.0 Å². The number of amides is 1. The topological polar surface area (TPSA) is 29.5 Å². The second-order valence-corrected chi connectivity index (χ2v) is 4.68. The second kappa shape index (κ2) is 5.52. The van der Waals surface area contributed by atoms with E-state index in [4.69, 9.17) is 16.3 Å². The highest BCUT2D eigenvalue weighted by molar-refractivity contribution is 6.30. The van der Waals surface area contributed by atoms with E-state index in [9.17, 15) is 4.79 Å². The fourth-order valence-corrected chi connectivity index (χ4v) is 2.17. The third-order valence-electron chi connectivity index (χ3n) is 3.01. The minimum atomic E-state index is 0.165. The standard InChI is InChI=1S/C13H16ClNO2/c1-10-8-12(14)3-2-11(10)9-13(16)15-4-6-17-7-5-15/h2-3,8H,4-7,9H2,1H3. The number of hydrogen-bond acceptors (Lipinski definition) is 2. The molecule has 0 N–H and O–H groups in total. The normalized spacial score (nSPS) is 16.0. The maximum Gasteiger partial charge on any atom is 0.227 e. The molecule has 0 aliphatic carbocycles. The van der Waals surface area contributed by atoms with Crippen molar-refractivity contribution < 1.29 is 9.53 Å². The molecule has 1 aliphatic rings. The summed E-state index contributed by atoms with van der Waals surface area (Å²) in [6.45, 7) is 4.67. The van der Waals surface area contributed by atoms with Crippen LogP contribution in [0.3, 0.4) is 0 Å². The molecule has 0 atom stereocenters. The number of carbonyl (C=O) groups excluding carboxylic acids is 1. The molecule has 2 rings (SSSR count). The van der Waals surface area contributed by atoms with Crippen LogP contribution in [-0.2, 0) is 16.0 Å². The van der Waals surface area contributed by atoms with Crippen LogP contribution in [0.25, 0.3) is 0 Å². The average Bonchev–Trinajstić information content (AvgIpc) is 2.34. The van der Waals surface area contributed by atoms with Gasteiger partial charge in [-0.1, -0.05) is 17.7 Å². The zero-order valence-electron chi connectivity index (χ0n) is 9.91. The molecule has 1 saturated heterocycles. The van der Waals surface area contributed by atoms with E-state index in [0.29, 0.717) is 37.7 Å². The molecular weight excluding hydrogens is 238 g/mol. The quantitative estimate of drug-likeness (QED) is 0.807. The lowest BCUT2D eigenvalue weighted by Gasteiger charge is -2.27. The van der Waals surface area contributed by atoms with Crippen LogP contribution in [0.1, 0.15) is 11.1 Å². The Morgan fingerprint density at radius 3 is 2.76 bits per heavy atom. The highest BCUT2D eigenvalue weighted by Gasteiger charge is 2.17. The van der Waals surface area contributed by atoms with Crippen LogP contribution in [0.15, 0.2) is 18.2 Å². The zero-order chi connectivity index (χ0) is 12.3. The third-order valence-corrected chi connectivity index (χ3v) is 3.25. The first-order chi connectivity index (χ1) is 8.16. The lowest BCUT2D eigenvalue weighted by atomic mass is 10.1. The van der Waals surface area contributed by atoms with Gasteiger partial charge in [-0.15, -0.1) is 0 Å². The van der Waals surface area contributed by atoms with Crippen molar-refractivity contribution in [3.05, 3.63) is 34.3 Å². The lowest BCUT2D eigenvalue weighted by Crippen LogP contribution is -2.41. The van der Waals surface area contributed by atoms with Crippen molar-refractivity contribution in [1.29, 1.82) is 0 Å². The van der Waals surface area contributed by atoms with Gasteiger partial charge in [0.15, 0.2) is 0 Å². The van der Waals surface area contributed by atoms with Crippen LogP contribution in [0.2, 0.25) is 5.02 Å². The fraction of sp³-hybridized carbons (Fsp3) is 0.462. The molecule has 17 heavy (non-hydrogen) atoms. The van der Waals surface area contributed by atoms with Gasteiger partial charge in [0.25, 0.3) is 0 Å². The Morgan fingerprint density at radius 2 is 2.12 bits per heavy atom. The van der Waals surface area contributed by atoms with Gasteiger partial charge in [0, 0.05) is 18.1 Å². The summed E-state index contributed by atoms with van der Waals surface area (Å²) < 4.78 is 5.23. The van der Waals surface area contributed by atoms with Gasteiger partial charge in [0.1, 0.15) is 0 Å². The van der Waals surface area contributed by atoms with Gasteiger partial charge in [-0.3, -0.25) is 4.79 Å². The molecule has 0 aromatic heterocycles. The molecule has 0 bridgehead atoms. The van der Waals surface area contributed by atoms with E-state index in [1.54, 1.807) is 0 Å². The van der Waals surface area contributed by atoms with E-state index in [2.05, 4.69) is 0 Å². The van der Waals surface area contributed by atoms with Gasteiger partial charge in [0.2, 0.25) is 5.91 Å². The van der Waals surface area contributed by atoms with Crippen LogP contribution in [0.4, 0.5) is 0 Å². The summed E-state index contributed by atoms with van der Waals surface area (Å²) in [5.41, 5.74) is 2.12. The van der Waals surface area contributed by atoms with Gasteiger partial charge in [-0.25, -0.2) is 0 Å². The molecule has 1 amide bonds. The molecule has 3 nitrogen and oxygen atoms in total. The number of benzene rings is 1. The number of hydrogen-bond donors (Lipinski definition) is 0. The summed E-state index contributed by atoms with van der Waals surface area (Å²) in [4.78, 5) is 13.9. The monoisotopic (exact) mass is 253 g/mol. The Morgan fingerprint density at radius 1 is 1.41 bits per heavy atom. The molecule has 1 aromatic rings. The smallest absolute Gasteiger partial charge is 0.227 e. The van der Waals surface area contributed by atoms with Crippen LogP contribution < -0.4 is 0 Å².